The van der Waals surface area contributed by atoms with Gasteiger partial charge in [0.1, 0.15) is 0 Å². The zero-order valence-electron chi connectivity index (χ0n) is 24.1. The molecule has 38 heavy (non-hydrogen) atoms. The average Bonchev–Trinajstić information content (AvgIpc) is 3.33. The number of hydrogen-bond donors (Lipinski definition) is 0. The van der Waals surface area contributed by atoms with Gasteiger partial charge < -0.3 is 0 Å². The van der Waals surface area contributed by atoms with E-state index in [0.29, 0.717) is 26.1 Å². The van der Waals surface area contributed by atoms with Gasteiger partial charge in [-0.3, -0.25) is 38.9 Å². The highest BCUT2D eigenvalue weighted by Crippen LogP contribution is 2.27. The zero-order chi connectivity index (χ0) is 27.8. The Hall–Kier alpha value is -2.09. The van der Waals surface area contributed by atoms with Crippen LogP contribution in [0.4, 0.5) is 0 Å². The van der Waals surface area contributed by atoms with Crippen molar-refractivity contribution >= 4 is 30.3 Å². The first-order valence-corrected chi connectivity index (χ1v) is 15.3. The molecule has 0 spiro atoms. The van der Waals surface area contributed by atoms with Crippen molar-refractivity contribution in [3.05, 3.63) is 0 Å². The molecule has 2 unspecified atom stereocenters. The molecular formula is C30H52N4O4. The van der Waals surface area contributed by atoms with Crippen LogP contribution in [0, 0.1) is 11.8 Å². The van der Waals surface area contributed by atoms with E-state index in [4.69, 9.17) is 0 Å². The minimum atomic E-state index is -0.225. The lowest BCUT2D eigenvalue weighted by Gasteiger charge is -2.28. The standard InChI is InChI=1S/C30H52N4O4/c1-4-6-8-10-12-14-16-25-22-27(35)33(29(25)37)21-20-32(19-18-31-3)24-34-28(36)23-26(30(34)38)17-15-13-11-9-7-5-2/h25-26H,3-24H2,1-2H3. The monoisotopic (exact) mass is 532 g/mol. The number of carbonyl (C=O) groups excluding carboxylic acids is 4. The molecule has 0 aliphatic carbocycles. The van der Waals surface area contributed by atoms with Crippen LogP contribution < -0.4 is 0 Å². The Morgan fingerprint density at radius 3 is 1.71 bits per heavy atom. The summed E-state index contributed by atoms with van der Waals surface area (Å²) in [5, 5.41) is 0. The Balaban J connectivity index is 1.82. The smallest absolute Gasteiger partial charge is 0.233 e. The van der Waals surface area contributed by atoms with E-state index in [-0.39, 0.29) is 55.1 Å². The normalized spacial score (nSPS) is 20.0. The van der Waals surface area contributed by atoms with E-state index in [1.165, 1.54) is 61.2 Å². The van der Waals surface area contributed by atoms with Gasteiger partial charge in [0, 0.05) is 44.3 Å². The van der Waals surface area contributed by atoms with Gasteiger partial charge in [-0.25, -0.2) is 0 Å². The predicted molar refractivity (Wildman–Crippen MR) is 152 cm³/mol. The molecule has 0 aromatic heterocycles. The molecular weight excluding hydrogens is 480 g/mol. The van der Waals surface area contributed by atoms with Gasteiger partial charge in [-0.05, 0) is 19.6 Å². The first-order valence-electron chi connectivity index (χ1n) is 15.3. The van der Waals surface area contributed by atoms with Crippen LogP contribution in [0.1, 0.15) is 117 Å². The maximum Gasteiger partial charge on any atom is 0.233 e. The quantitative estimate of drug-likeness (QED) is 0.109. The summed E-state index contributed by atoms with van der Waals surface area (Å²) in [4.78, 5) is 59.8. The van der Waals surface area contributed by atoms with Crippen molar-refractivity contribution in [1.29, 1.82) is 0 Å². The Morgan fingerprint density at radius 1 is 0.711 bits per heavy atom. The number of amides is 4. The number of carbonyl (C=O) groups is 4. The summed E-state index contributed by atoms with van der Waals surface area (Å²) in [5.41, 5.74) is 0. The molecule has 2 heterocycles. The van der Waals surface area contributed by atoms with Crippen LogP contribution in [-0.2, 0) is 19.2 Å². The van der Waals surface area contributed by atoms with E-state index in [9.17, 15) is 19.2 Å². The van der Waals surface area contributed by atoms with Crippen molar-refractivity contribution in [1.82, 2.24) is 14.7 Å². The molecule has 4 amide bonds. The average molecular weight is 533 g/mol. The van der Waals surface area contributed by atoms with Crippen molar-refractivity contribution in [2.24, 2.45) is 16.8 Å². The minimum absolute atomic E-state index is 0.0716. The Kier molecular flexibility index (Phi) is 15.4. The Labute approximate surface area is 230 Å². The number of hydrogen-bond acceptors (Lipinski definition) is 6. The highest BCUT2D eigenvalue weighted by Gasteiger charge is 2.40. The van der Waals surface area contributed by atoms with Crippen molar-refractivity contribution < 1.29 is 19.2 Å². The summed E-state index contributed by atoms with van der Waals surface area (Å²) in [6, 6.07) is 0. The Bertz CT molecular complexity index is 771. The highest BCUT2D eigenvalue weighted by molar-refractivity contribution is 6.04. The van der Waals surface area contributed by atoms with E-state index in [1.807, 2.05) is 4.90 Å². The second kappa shape index (κ2) is 18.2. The molecule has 0 saturated carbocycles. The van der Waals surface area contributed by atoms with Crippen LogP contribution in [0.3, 0.4) is 0 Å². The second-order valence-corrected chi connectivity index (χ2v) is 11.2. The fraction of sp³-hybridized carbons (Fsp3) is 0.833. The maximum atomic E-state index is 13.0. The molecule has 8 heteroatoms. The van der Waals surface area contributed by atoms with Crippen LogP contribution in [-0.4, -0.2) is 77.9 Å². The van der Waals surface area contributed by atoms with Crippen molar-refractivity contribution in [2.45, 2.75) is 117 Å². The SMILES string of the molecule is C=NCCN(CCN1C(=O)CC(CCCCCCCC)C1=O)CN1C(=O)CC(CCCCCCCC)C1=O. The van der Waals surface area contributed by atoms with Crippen molar-refractivity contribution in [3.8, 4) is 0 Å². The molecule has 0 bridgehead atoms. The van der Waals surface area contributed by atoms with E-state index in [0.717, 1.165) is 38.5 Å². The lowest BCUT2D eigenvalue weighted by Crippen LogP contribution is -2.46. The third-order valence-corrected chi connectivity index (χ3v) is 8.04. The van der Waals surface area contributed by atoms with E-state index in [1.54, 1.807) is 0 Å². The van der Waals surface area contributed by atoms with Gasteiger partial charge in [0.25, 0.3) is 0 Å². The maximum absolute atomic E-state index is 13.0. The van der Waals surface area contributed by atoms with E-state index < -0.39 is 0 Å². The van der Waals surface area contributed by atoms with Gasteiger partial charge in [0.05, 0.1) is 13.2 Å². The van der Waals surface area contributed by atoms with Gasteiger partial charge in [-0.1, -0.05) is 90.9 Å². The first kappa shape index (κ1) is 32.1. The summed E-state index contributed by atoms with van der Waals surface area (Å²) < 4.78 is 0. The van der Waals surface area contributed by atoms with Gasteiger partial charge in [0.2, 0.25) is 23.6 Å². The van der Waals surface area contributed by atoms with Crippen molar-refractivity contribution in [3.63, 3.8) is 0 Å². The highest BCUT2D eigenvalue weighted by atomic mass is 16.2. The van der Waals surface area contributed by atoms with Gasteiger partial charge >= 0.3 is 0 Å². The fourth-order valence-electron chi connectivity index (χ4n) is 5.59. The molecule has 2 aliphatic heterocycles. The lowest BCUT2D eigenvalue weighted by molar-refractivity contribution is -0.144. The molecule has 0 N–H and O–H groups in total. The summed E-state index contributed by atoms with van der Waals surface area (Å²) in [6.45, 7) is 9.78. The molecule has 2 saturated heterocycles. The van der Waals surface area contributed by atoms with Crippen LogP contribution in [0.25, 0.3) is 0 Å². The summed E-state index contributed by atoms with van der Waals surface area (Å²) in [5.74, 6) is -0.834. The van der Waals surface area contributed by atoms with Gasteiger partial charge in [-0.2, -0.15) is 0 Å². The first-order chi connectivity index (χ1) is 18.4. The van der Waals surface area contributed by atoms with Crippen LogP contribution in [0.2, 0.25) is 0 Å². The molecule has 0 aromatic rings. The largest absolute Gasteiger partial charge is 0.300 e. The molecule has 0 radical (unpaired) electrons. The number of nitrogens with zero attached hydrogens (tertiary/aromatic N) is 4. The van der Waals surface area contributed by atoms with Crippen LogP contribution >= 0.6 is 0 Å². The summed E-state index contributed by atoms with van der Waals surface area (Å²) in [6.07, 6.45) is 16.0. The zero-order valence-corrected chi connectivity index (χ0v) is 24.1. The molecule has 8 nitrogen and oxygen atoms in total. The van der Waals surface area contributed by atoms with Crippen LogP contribution in [0.15, 0.2) is 4.99 Å². The molecule has 2 fully saturated rings. The summed E-state index contributed by atoms with van der Waals surface area (Å²) in [7, 11) is 0. The van der Waals surface area contributed by atoms with E-state index in [2.05, 4.69) is 25.6 Å². The molecule has 216 valence electrons. The van der Waals surface area contributed by atoms with Crippen molar-refractivity contribution in [2.75, 3.05) is 32.8 Å². The number of aliphatic imine (C=N–C) groups is 1. The van der Waals surface area contributed by atoms with Crippen LogP contribution in [0.5, 0.6) is 0 Å². The molecule has 0 aromatic carbocycles. The van der Waals surface area contributed by atoms with Gasteiger partial charge in [0.15, 0.2) is 0 Å². The minimum Gasteiger partial charge on any atom is -0.300 e. The number of likely N-dealkylation sites (tertiary alicyclic amines) is 2. The third-order valence-electron chi connectivity index (χ3n) is 8.04. The molecule has 2 rings (SSSR count). The predicted octanol–water partition coefficient (Wildman–Crippen LogP) is 5.20. The number of imide groups is 2. The third kappa shape index (κ3) is 10.6. The second-order valence-electron chi connectivity index (χ2n) is 11.2. The molecule has 2 atom stereocenters. The topological polar surface area (TPSA) is 90.4 Å². The summed E-state index contributed by atoms with van der Waals surface area (Å²) >= 11 is 0. The number of rotatable bonds is 22. The Morgan fingerprint density at radius 2 is 1.18 bits per heavy atom. The number of unbranched alkanes of at least 4 members (excludes halogenated alkanes) is 10. The lowest BCUT2D eigenvalue weighted by atomic mass is 9.99. The molecule has 2 aliphatic rings. The van der Waals surface area contributed by atoms with E-state index >= 15 is 0 Å². The fourth-order valence-corrected chi connectivity index (χ4v) is 5.59. The van der Waals surface area contributed by atoms with Gasteiger partial charge in [-0.15, -0.1) is 0 Å².